The third-order valence-electron chi connectivity index (χ3n) is 1.61. The second kappa shape index (κ2) is 6.30. The average molecular weight is 146 g/mol. The van der Waals surface area contributed by atoms with E-state index in [2.05, 4.69) is 13.8 Å². The maximum Gasteiger partial charge on any atom is 0.159 e. The third kappa shape index (κ3) is 6.06. The molecule has 0 aromatic heterocycles. The summed E-state index contributed by atoms with van der Waals surface area (Å²) in [6, 6.07) is 0. The van der Waals surface area contributed by atoms with Crippen molar-refractivity contribution in [2.45, 2.75) is 45.1 Å². The molecular weight excluding hydrogens is 128 g/mol. The Labute approximate surface area is 60.4 Å². The zero-order valence-electron chi connectivity index (χ0n) is 6.56. The highest BCUT2D eigenvalue weighted by molar-refractivity contribution is 6.27. The molecule has 0 aromatic rings. The lowest BCUT2D eigenvalue weighted by Gasteiger charge is -2.03. The van der Waals surface area contributed by atoms with E-state index in [4.69, 9.17) is 4.80 Å². The Morgan fingerprint density at radius 2 is 2.11 bits per heavy atom. The Morgan fingerprint density at radius 3 is 2.56 bits per heavy atom. The zero-order valence-corrected chi connectivity index (χ0v) is 7.97. The molecule has 1 N–H and O–H groups in total. The molecule has 0 fully saturated rings. The van der Waals surface area contributed by atoms with Crippen LogP contribution < -0.4 is 0 Å². The van der Waals surface area contributed by atoms with Crippen LogP contribution in [0.2, 0.25) is 5.54 Å². The van der Waals surface area contributed by atoms with E-state index in [1.807, 2.05) is 0 Å². The molecule has 0 heterocycles. The normalized spacial score (nSPS) is 15.0. The molecule has 1 unspecified atom stereocenters. The molecule has 0 rings (SSSR count). The summed E-state index contributed by atoms with van der Waals surface area (Å²) in [5.41, 5.74) is 0.650. The van der Waals surface area contributed by atoms with Crippen LogP contribution in [-0.2, 0) is 0 Å². The first-order chi connectivity index (χ1) is 4.31. The topological polar surface area (TPSA) is 20.2 Å². The molecule has 1 atom stereocenters. The Kier molecular flexibility index (Phi) is 6.42. The van der Waals surface area contributed by atoms with Crippen molar-refractivity contribution in [3.05, 3.63) is 0 Å². The van der Waals surface area contributed by atoms with Gasteiger partial charge in [-0.1, -0.05) is 39.5 Å². The van der Waals surface area contributed by atoms with Gasteiger partial charge < -0.3 is 4.80 Å². The minimum Gasteiger partial charge on any atom is -0.438 e. The van der Waals surface area contributed by atoms with Crippen LogP contribution in [0, 0.1) is 0 Å². The van der Waals surface area contributed by atoms with Crippen LogP contribution in [0.3, 0.4) is 0 Å². The van der Waals surface area contributed by atoms with E-state index in [0.717, 1.165) is 0 Å². The molecule has 0 amide bonds. The molecule has 0 saturated heterocycles. The quantitative estimate of drug-likeness (QED) is 0.460. The van der Waals surface area contributed by atoms with Crippen molar-refractivity contribution in [3.63, 3.8) is 0 Å². The molecule has 0 aromatic carbocycles. The standard InChI is InChI=1S/C7H18OSi/c1-3-4-5-6-7(2)9-8/h7-8H,3-6,9H2,1-2H3. The Hall–Kier alpha value is 0.177. The minimum atomic E-state index is -0.690. The van der Waals surface area contributed by atoms with Gasteiger partial charge in [0.05, 0.1) is 0 Å². The Balaban J connectivity index is 2.88. The van der Waals surface area contributed by atoms with E-state index in [1.54, 1.807) is 0 Å². The van der Waals surface area contributed by atoms with E-state index in [-0.39, 0.29) is 0 Å². The largest absolute Gasteiger partial charge is 0.438 e. The lowest BCUT2D eigenvalue weighted by molar-refractivity contribution is 0.557. The summed E-state index contributed by atoms with van der Waals surface area (Å²) < 4.78 is 0. The number of rotatable bonds is 5. The van der Waals surface area contributed by atoms with Crippen molar-refractivity contribution in [2.75, 3.05) is 0 Å². The van der Waals surface area contributed by atoms with Gasteiger partial charge in [-0.2, -0.15) is 0 Å². The molecule has 0 saturated carbocycles. The molecule has 9 heavy (non-hydrogen) atoms. The molecule has 0 aliphatic heterocycles. The minimum absolute atomic E-state index is 0.650. The summed E-state index contributed by atoms with van der Waals surface area (Å²) in [7, 11) is -0.690. The summed E-state index contributed by atoms with van der Waals surface area (Å²) in [5, 5.41) is 0. The number of unbranched alkanes of at least 4 members (excludes halogenated alkanes) is 2. The van der Waals surface area contributed by atoms with Gasteiger partial charge in [0.2, 0.25) is 0 Å². The van der Waals surface area contributed by atoms with Gasteiger partial charge >= 0.3 is 0 Å². The molecule has 2 heteroatoms. The first-order valence-electron chi connectivity index (χ1n) is 3.92. The third-order valence-corrected chi connectivity index (χ3v) is 2.64. The lowest BCUT2D eigenvalue weighted by atomic mass is 10.2. The Morgan fingerprint density at radius 1 is 1.44 bits per heavy atom. The zero-order chi connectivity index (χ0) is 7.11. The summed E-state index contributed by atoms with van der Waals surface area (Å²) in [4.78, 5) is 8.77. The average Bonchev–Trinajstić information content (AvgIpc) is 1.89. The van der Waals surface area contributed by atoms with E-state index in [9.17, 15) is 0 Å². The van der Waals surface area contributed by atoms with Gasteiger partial charge in [0, 0.05) is 0 Å². The highest BCUT2D eigenvalue weighted by Crippen LogP contribution is 2.11. The van der Waals surface area contributed by atoms with Crippen molar-refractivity contribution in [2.24, 2.45) is 0 Å². The molecule has 0 bridgehead atoms. The van der Waals surface area contributed by atoms with E-state index >= 15 is 0 Å². The van der Waals surface area contributed by atoms with Crippen LogP contribution in [0.5, 0.6) is 0 Å². The summed E-state index contributed by atoms with van der Waals surface area (Å²) in [6.07, 6.45) is 5.18. The van der Waals surface area contributed by atoms with Crippen LogP contribution in [-0.4, -0.2) is 14.6 Å². The fourth-order valence-corrected chi connectivity index (χ4v) is 1.31. The van der Waals surface area contributed by atoms with Gasteiger partial charge in [-0.15, -0.1) is 0 Å². The van der Waals surface area contributed by atoms with Gasteiger partial charge in [-0.25, -0.2) is 0 Å². The van der Waals surface area contributed by atoms with E-state index < -0.39 is 9.76 Å². The number of hydrogen-bond acceptors (Lipinski definition) is 1. The highest BCUT2D eigenvalue weighted by atomic mass is 28.2. The van der Waals surface area contributed by atoms with Crippen LogP contribution in [0.1, 0.15) is 39.5 Å². The summed E-state index contributed by atoms with van der Waals surface area (Å²) >= 11 is 0. The van der Waals surface area contributed by atoms with Gasteiger partial charge in [-0.05, 0) is 5.54 Å². The molecule has 56 valence electrons. The van der Waals surface area contributed by atoms with Crippen molar-refractivity contribution >= 4 is 9.76 Å². The van der Waals surface area contributed by atoms with Crippen molar-refractivity contribution in [1.82, 2.24) is 0 Å². The molecule has 0 aliphatic carbocycles. The van der Waals surface area contributed by atoms with Gasteiger partial charge in [0.1, 0.15) is 0 Å². The van der Waals surface area contributed by atoms with E-state index in [1.165, 1.54) is 25.7 Å². The molecule has 0 spiro atoms. The molecule has 0 radical (unpaired) electrons. The van der Waals surface area contributed by atoms with E-state index in [0.29, 0.717) is 5.54 Å². The second-order valence-electron chi connectivity index (χ2n) is 2.78. The highest BCUT2D eigenvalue weighted by Gasteiger charge is 1.98. The maximum atomic E-state index is 8.77. The van der Waals surface area contributed by atoms with Crippen molar-refractivity contribution in [3.8, 4) is 0 Å². The summed E-state index contributed by atoms with van der Waals surface area (Å²) in [6.45, 7) is 4.36. The van der Waals surface area contributed by atoms with Gasteiger partial charge in [-0.3, -0.25) is 0 Å². The van der Waals surface area contributed by atoms with Crippen LogP contribution >= 0.6 is 0 Å². The van der Waals surface area contributed by atoms with Crippen LogP contribution in [0.4, 0.5) is 0 Å². The molecule has 0 aliphatic rings. The van der Waals surface area contributed by atoms with Crippen LogP contribution in [0.25, 0.3) is 0 Å². The second-order valence-corrected chi connectivity index (χ2v) is 4.54. The predicted octanol–water partition coefficient (Wildman–Crippen LogP) is 1.45. The molecular formula is C7H18OSi. The fraction of sp³-hybridized carbons (Fsp3) is 1.00. The van der Waals surface area contributed by atoms with Crippen molar-refractivity contribution in [1.29, 1.82) is 0 Å². The fourth-order valence-electron chi connectivity index (χ4n) is 0.834. The van der Waals surface area contributed by atoms with Gasteiger partial charge in [0.25, 0.3) is 0 Å². The lowest BCUT2D eigenvalue weighted by Crippen LogP contribution is -1.97. The maximum absolute atomic E-state index is 8.77. The van der Waals surface area contributed by atoms with Gasteiger partial charge in [0.15, 0.2) is 9.76 Å². The SMILES string of the molecule is CCCCCC(C)[SiH2]O. The number of hydrogen-bond donors (Lipinski definition) is 1. The monoisotopic (exact) mass is 146 g/mol. The first-order valence-corrected chi connectivity index (χ1v) is 5.37. The first kappa shape index (κ1) is 9.18. The Bertz CT molecular complexity index is 56.9. The molecule has 1 nitrogen and oxygen atoms in total. The summed E-state index contributed by atoms with van der Waals surface area (Å²) in [5.74, 6) is 0. The van der Waals surface area contributed by atoms with Crippen molar-refractivity contribution < 1.29 is 4.80 Å². The smallest absolute Gasteiger partial charge is 0.159 e. The van der Waals surface area contributed by atoms with Crippen LogP contribution in [0.15, 0.2) is 0 Å². The predicted molar refractivity (Wildman–Crippen MR) is 44.3 cm³/mol.